The molecule has 1 rings (SSSR count). The molecule has 0 heterocycles. The molecule has 0 saturated carbocycles. The van der Waals surface area contributed by atoms with Crippen molar-refractivity contribution in [3.8, 4) is 0 Å². The lowest BCUT2D eigenvalue weighted by molar-refractivity contribution is -0.132. The number of carboxylic acid groups (broad SMARTS) is 1. The first-order valence-corrected chi connectivity index (χ1v) is 7.11. The third-order valence-electron chi connectivity index (χ3n) is 2.01. The van der Waals surface area contributed by atoms with Crippen molar-refractivity contribution in [2.75, 3.05) is 6.73 Å². The van der Waals surface area contributed by atoms with Gasteiger partial charge in [0.2, 0.25) is 5.91 Å². The molecule has 25 heavy (non-hydrogen) atoms. The second-order valence-electron chi connectivity index (χ2n) is 4.07. The Morgan fingerprint density at radius 3 is 1.68 bits per heavy atom. The van der Waals surface area contributed by atoms with Gasteiger partial charge in [0.15, 0.2) is 0 Å². The molecule has 0 aliphatic heterocycles. The number of amides is 1. The summed E-state index contributed by atoms with van der Waals surface area (Å²) in [5, 5.41) is 18.0. The Kier molecular flexibility index (Phi) is 22.2. The van der Waals surface area contributed by atoms with E-state index in [2.05, 4.69) is 38.2 Å². The molecule has 5 nitrogen and oxygen atoms in total. The molecule has 136 valence electrons. The van der Waals surface area contributed by atoms with Gasteiger partial charge in [0.05, 0.1) is 0 Å². The van der Waals surface area contributed by atoms with Crippen molar-refractivity contribution in [1.29, 1.82) is 0 Å². The molecule has 1 aromatic carbocycles. The number of hydrogen-bond donors (Lipinski definition) is 3. The number of nitrogens with one attached hydrogen (secondary N) is 1. The summed E-state index contributed by atoms with van der Waals surface area (Å²) in [6.45, 7) is 17.8. The zero-order chi connectivity index (χ0) is 20.1. The van der Waals surface area contributed by atoms with Crippen molar-refractivity contribution in [2.24, 2.45) is 0 Å². The van der Waals surface area contributed by atoms with Crippen LogP contribution in [0.15, 0.2) is 87.0 Å². The summed E-state index contributed by atoms with van der Waals surface area (Å²) in [6.07, 6.45) is 6.20. The lowest BCUT2D eigenvalue weighted by Gasteiger charge is -1.89. The fourth-order valence-corrected chi connectivity index (χ4v) is 0.739. The van der Waals surface area contributed by atoms with Gasteiger partial charge in [0, 0.05) is 5.57 Å². The molecule has 0 radical (unpaired) electrons. The zero-order valence-electron chi connectivity index (χ0n) is 14.6. The van der Waals surface area contributed by atoms with Gasteiger partial charge >= 0.3 is 5.97 Å². The molecule has 3 N–H and O–H groups in total. The van der Waals surface area contributed by atoms with Gasteiger partial charge in [-0.15, -0.1) is 0 Å². The molecule has 0 unspecified atom stereocenters. The maximum atomic E-state index is 10.0. The van der Waals surface area contributed by atoms with Crippen LogP contribution < -0.4 is 5.32 Å². The molecule has 1 aromatic rings. The fraction of sp³-hybridized carbons (Fsp3) is 0.100. The van der Waals surface area contributed by atoms with Crippen LogP contribution in [0.4, 0.5) is 0 Å². The van der Waals surface area contributed by atoms with Gasteiger partial charge in [-0.25, -0.2) is 4.79 Å². The first-order chi connectivity index (χ1) is 11.8. The van der Waals surface area contributed by atoms with Crippen LogP contribution in [0.5, 0.6) is 0 Å². The summed E-state index contributed by atoms with van der Waals surface area (Å²) >= 11 is 0. The van der Waals surface area contributed by atoms with Crippen LogP contribution in [0, 0.1) is 0 Å². The molecule has 0 fully saturated rings. The van der Waals surface area contributed by atoms with Crippen molar-refractivity contribution in [3.63, 3.8) is 0 Å². The van der Waals surface area contributed by atoms with Crippen molar-refractivity contribution in [2.45, 2.75) is 6.92 Å². The summed E-state index contributed by atoms with van der Waals surface area (Å²) in [4.78, 5) is 19.6. The van der Waals surface area contributed by atoms with Crippen LogP contribution in [-0.2, 0) is 9.59 Å². The van der Waals surface area contributed by atoms with Crippen molar-refractivity contribution in [1.82, 2.24) is 5.32 Å². The molecule has 0 aliphatic carbocycles. The Hall–Kier alpha value is -3.18. The van der Waals surface area contributed by atoms with Gasteiger partial charge in [-0.2, -0.15) is 0 Å². The van der Waals surface area contributed by atoms with Gasteiger partial charge in [0.25, 0.3) is 0 Å². The maximum absolute atomic E-state index is 10.0. The third-order valence-corrected chi connectivity index (χ3v) is 2.01. The highest BCUT2D eigenvalue weighted by Crippen LogP contribution is 1.97. The number of carboxylic acids is 1. The summed E-state index contributed by atoms with van der Waals surface area (Å²) in [6, 6.07) is 10.0. The highest BCUT2D eigenvalue weighted by atomic mass is 16.4. The minimum absolute atomic E-state index is 0.176. The van der Waals surface area contributed by atoms with E-state index < -0.39 is 5.97 Å². The largest absolute Gasteiger partial charge is 0.478 e. The Morgan fingerprint density at radius 1 is 1.08 bits per heavy atom. The first kappa shape index (κ1) is 26.7. The number of hydrogen-bond acceptors (Lipinski definition) is 3. The topological polar surface area (TPSA) is 86.6 Å². The van der Waals surface area contributed by atoms with E-state index in [0.717, 1.165) is 6.08 Å². The molecule has 0 aliphatic rings. The summed E-state index contributed by atoms with van der Waals surface area (Å²) < 4.78 is 0. The van der Waals surface area contributed by atoms with Gasteiger partial charge in [-0.05, 0) is 18.6 Å². The molecular formula is C20H27NO4. The molecule has 0 saturated heterocycles. The van der Waals surface area contributed by atoms with Gasteiger partial charge < -0.3 is 15.5 Å². The van der Waals surface area contributed by atoms with E-state index >= 15 is 0 Å². The number of allylic oxidation sites excluding steroid dienone is 2. The Morgan fingerprint density at radius 2 is 1.52 bits per heavy atom. The van der Waals surface area contributed by atoms with Crippen LogP contribution in [0.3, 0.4) is 0 Å². The quantitative estimate of drug-likeness (QED) is 0.432. The molecular weight excluding hydrogens is 318 g/mol. The monoisotopic (exact) mass is 345 g/mol. The molecule has 0 aromatic heterocycles. The number of benzene rings is 1. The van der Waals surface area contributed by atoms with E-state index in [-0.39, 0.29) is 18.2 Å². The molecule has 0 atom stereocenters. The average Bonchev–Trinajstić information content (AvgIpc) is 2.63. The molecule has 5 heteroatoms. The lowest BCUT2D eigenvalue weighted by Crippen LogP contribution is -2.20. The molecule has 0 spiro atoms. The number of carbonyl (C=O) groups excluding carboxylic acids is 1. The van der Waals surface area contributed by atoms with E-state index in [1.807, 2.05) is 36.4 Å². The third kappa shape index (κ3) is 26.1. The predicted octanol–water partition coefficient (Wildman–Crippen LogP) is 3.57. The number of aliphatic carboxylic acids is 1. The fourth-order valence-electron chi connectivity index (χ4n) is 0.739. The number of aliphatic hydroxyl groups excluding tert-OH is 1. The summed E-state index contributed by atoms with van der Waals surface area (Å²) in [5.74, 6) is -1.29. The number of rotatable bonds is 5. The van der Waals surface area contributed by atoms with E-state index in [9.17, 15) is 9.59 Å². The lowest BCUT2D eigenvalue weighted by atomic mass is 10.2. The zero-order valence-corrected chi connectivity index (χ0v) is 14.6. The predicted molar refractivity (Wildman–Crippen MR) is 105 cm³/mol. The van der Waals surface area contributed by atoms with E-state index in [1.165, 1.54) is 12.5 Å². The Balaban J connectivity index is -0.000000266. The van der Waals surface area contributed by atoms with Crippen LogP contribution in [0.2, 0.25) is 0 Å². The van der Waals surface area contributed by atoms with Crippen molar-refractivity contribution >= 4 is 18.0 Å². The Bertz CT molecular complexity index is 530. The summed E-state index contributed by atoms with van der Waals surface area (Å²) in [7, 11) is 0. The SMILES string of the molecule is C=C(C)C(=O)O.C=CC(=O)NCO.C=CC=C.C=Cc1ccccc1. The van der Waals surface area contributed by atoms with Gasteiger partial charge in [-0.3, -0.25) is 4.79 Å². The van der Waals surface area contributed by atoms with Crippen LogP contribution in [-0.4, -0.2) is 28.8 Å². The van der Waals surface area contributed by atoms with Gasteiger partial charge in [-0.1, -0.05) is 81.5 Å². The minimum atomic E-state index is -0.935. The normalized spacial score (nSPS) is 7.44. The highest BCUT2D eigenvalue weighted by Gasteiger charge is 1.90. The molecule has 1 amide bonds. The first-order valence-electron chi connectivity index (χ1n) is 7.11. The van der Waals surface area contributed by atoms with E-state index in [1.54, 1.807) is 12.2 Å². The standard InChI is InChI=1S/C8H8.C4H7NO2.C4H6O2.C4H6/c1-2-8-6-4-3-5-7-8;1-2-4(7)5-3-6;1-3(2)4(5)6;1-3-4-2/h2-7H,1H2;2,6H,1,3H2,(H,5,7);1H2,2H3,(H,5,6);3-4H,1-2H2. The highest BCUT2D eigenvalue weighted by molar-refractivity contribution is 5.86. The van der Waals surface area contributed by atoms with E-state index in [4.69, 9.17) is 10.2 Å². The maximum Gasteiger partial charge on any atom is 0.330 e. The van der Waals surface area contributed by atoms with Gasteiger partial charge in [0.1, 0.15) is 6.73 Å². The van der Waals surface area contributed by atoms with Crippen molar-refractivity contribution < 1.29 is 19.8 Å². The Labute approximate surface area is 150 Å². The van der Waals surface area contributed by atoms with Crippen LogP contribution in [0.25, 0.3) is 6.08 Å². The number of aliphatic hydroxyl groups is 1. The average molecular weight is 345 g/mol. The van der Waals surface area contributed by atoms with Crippen molar-refractivity contribution in [3.05, 3.63) is 92.6 Å². The van der Waals surface area contributed by atoms with Crippen LogP contribution >= 0.6 is 0 Å². The smallest absolute Gasteiger partial charge is 0.330 e. The van der Waals surface area contributed by atoms with Crippen LogP contribution in [0.1, 0.15) is 12.5 Å². The number of carbonyl (C=O) groups is 2. The summed E-state index contributed by atoms with van der Waals surface area (Å²) in [5.41, 5.74) is 1.35. The minimum Gasteiger partial charge on any atom is -0.478 e. The second-order valence-corrected chi connectivity index (χ2v) is 4.07. The second kappa shape index (κ2) is 20.8. The molecule has 0 bridgehead atoms. The van der Waals surface area contributed by atoms with E-state index in [0.29, 0.717) is 0 Å².